The van der Waals surface area contributed by atoms with Crippen LogP contribution in [0.2, 0.25) is 5.02 Å². The van der Waals surface area contributed by atoms with Gasteiger partial charge in [0.25, 0.3) is 0 Å². The molecule has 3 aromatic rings. The Morgan fingerprint density at radius 2 is 1.70 bits per heavy atom. The van der Waals surface area contributed by atoms with Crippen molar-refractivity contribution in [2.24, 2.45) is 11.8 Å². The van der Waals surface area contributed by atoms with Crippen molar-refractivity contribution in [3.8, 4) is 17.2 Å². The number of hydrogen-bond acceptors (Lipinski definition) is 9. The summed E-state index contributed by atoms with van der Waals surface area (Å²) in [6.07, 6.45) is -0.226. The summed E-state index contributed by atoms with van der Waals surface area (Å²) >= 11 is 6.34. The maximum Gasteiger partial charge on any atom is 0.341 e. The minimum Gasteiger partial charge on any atom is -0.508 e. The van der Waals surface area contributed by atoms with Gasteiger partial charge in [0.1, 0.15) is 28.4 Å². The fraction of sp³-hybridized carbons (Fsp3) is 0.290. The third-order valence-electron chi connectivity index (χ3n) is 8.16. The second-order valence-corrected chi connectivity index (χ2v) is 10.9. The number of phenols is 1. The first-order chi connectivity index (χ1) is 20.5. The number of aryl methyl sites for hydroxylation is 1. The zero-order valence-electron chi connectivity index (χ0n) is 23.7. The quantitative estimate of drug-likeness (QED) is 0.255. The van der Waals surface area contributed by atoms with Crippen molar-refractivity contribution < 1.29 is 43.6 Å². The molecule has 0 aliphatic carbocycles. The number of phenolic OH excluding ortho intramolecular Hbond substituents is 1. The molecule has 0 spiro atoms. The van der Waals surface area contributed by atoms with Crippen LogP contribution in [0.1, 0.15) is 33.1 Å². The average Bonchev–Trinajstić information content (AvgIpc) is 3.47. The van der Waals surface area contributed by atoms with E-state index in [1.54, 1.807) is 19.1 Å². The number of benzene rings is 3. The Morgan fingerprint density at radius 3 is 2.28 bits per heavy atom. The van der Waals surface area contributed by atoms with Crippen molar-refractivity contribution in [3.05, 3.63) is 81.9 Å². The SMILES string of the molecule is COC(=O)c1c(OC)cc(OC)cc1C1NC(Cc2ccc(O)cc2)(C(=O)O)C2C(=O)N(c3ccc(C)c(Cl)c3)C(=O)C12. The summed E-state index contributed by atoms with van der Waals surface area (Å²) < 4.78 is 15.9. The summed E-state index contributed by atoms with van der Waals surface area (Å²) in [5, 5.41) is 24.0. The molecule has 11 nitrogen and oxygen atoms in total. The molecule has 0 saturated carbocycles. The maximum absolute atomic E-state index is 14.3. The van der Waals surface area contributed by atoms with Gasteiger partial charge in [-0.05, 0) is 53.9 Å². The molecule has 2 saturated heterocycles. The Labute approximate surface area is 251 Å². The fourth-order valence-corrected chi connectivity index (χ4v) is 6.25. The van der Waals surface area contributed by atoms with Crippen molar-refractivity contribution in [2.75, 3.05) is 26.2 Å². The van der Waals surface area contributed by atoms with Gasteiger partial charge >= 0.3 is 11.9 Å². The number of hydrogen-bond donors (Lipinski definition) is 3. The van der Waals surface area contributed by atoms with Crippen LogP contribution in [0, 0.1) is 18.8 Å². The lowest BCUT2D eigenvalue weighted by molar-refractivity contribution is -0.148. The highest BCUT2D eigenvalue weighted by molar-refractivity contribution is 6.32. The van der Waals surface area contributed by atoms with Gasteiger partial charge in [0.05, 0.1) is 38.9 Å². The number of aliphatic carboxylic acids is 1. The number of carbonyl (C=O) groups is 4. The number of carboxylic acid groups (broad SMARTS) is 1. The van der Waals surface area contributed by atoms with E-state index in [0.717, 1.165) is 10.5 Å². The number of ether oxygens (including phenoxy) is 3. The number of nitrogens with zero attached hydrogens (tertiary/aromatic N) is 1. The average molecular weight is 609 g/mol. The number of fused-ring (bicyclic) bond motifs is 1. The van der Waals surface area contributed by atoms with Crippen LogP contribution in [-0.4, -0.2) is 60.8 Å². The highest BCUT2D eigenvalue weighted by Gasteiger charge is 2.69. The van der Waals surface area contributed by atoms with Crippen LogP contribution in [0.25, 0.3) is 0 Å². The van der Waals surface area contributed by atoms with Gasteiger partial charge in [-0.2, -0.15) is 0 Å². The van der Waals surface area contributed by atoms with Crippen LogP contribution in [0.3, 0.4) is 0 Å². The number of carboxylic acids is 1. The summed E-state index contributed by atoms with van der Waals surface area (Å²) in [5.74, 6) is -5.92. The van der Waals surface area contributed by atoms with Gasteiger partial charge in [0.2, 0.25) is 11.8 Å². The van der Waals surface area contributed by atoms with Crippen LogP contribution in [-0.2, 0) is 25.5 Å². The Hall–Kier alpha value is -4.61. The van der Waals surface area contributed by atoms with Crippen molar-refractivity contribution in [2.45, 2.75) is 24.9 Å². The Bertz CT molecular complexity index is 1640. The van der Waals surface area contributed by atoms with Crippen molar-refractivity contribution in [1.82, 2.24) is 5.32 Å². The largest absolute Gasteiger partial charge is 0.508 e. The molecule has 43 heavy (non-hydrogen) atoms. The molecule has 0 bridgehead atoms. The molecule has 0 radical (unpaired) electrons. The van der Waals surface area contributed by atoms with Gasteiger partial charge in [-0.15, -0.1) is 0 Å². The van der Waals surface area contributed by atoms with E-state index in [-0.39, 0.29) is 40.5 Å². The molecule has 4 unspecified atom stereocenters. The van der Waals surface area contributed by atoms with Crippen LogP contribution < -0.4 is 19.7 Å². The first-order valence-corrected chi connectivity index (χ1v) is 13.6. The lowest BCUT2D eigenvalue weighted by Crippen LogP contribution is -2.57. The predicted molar refractivity (Wildman–Crippen MR) is 155 cm³/mol. The molecule has 5 rings (SSSR count). The zero-order chi connectivity index (χ0) is 31.2. The molecular formula is C31H29ClN2O9. The van der Waals surface area contributed by atoms with Gasteiger partial charge in [0.15, 0.2) is 0 Å². The van der Waals surface area contributed by atoms with E-state index in [1.807, 2.05) is 0 Å². The fourth-order valence-electron chi connectivity index (χ4n) is 6.07. The highest BCUT2D eigenvalue weighted by atomic mass is 35.5. The van der Waals surface area contributed by atoms with Gasteiger partial charge < -0.3 is 24.4 Å². The number of anilines is 1. The van der Waals surface area contributed by atoms with E-state index in [4.69, 9.17) is 25.8 Å². The molecule has 4 atom stereocenters. The van der Waals surface area contributed by atoms with Crippen LogP contribution in [0.15, 0.2) is 54.6 Å². The van der Waals surface area contributed by atoms with E-state index < -0.39 is 47.2 Å². The zero-order valence-corrected chi connectivity index (χ0v) is 24.5. The van der Waals surface area contributed by atoms with Gasteiger partial charge in [-0.1, -0.05) is 29.8 Å². The number of aromatic hydroxyl groups is 1. The summed E-state index contributed by atoms with van der Waals surface area (Å²) in [6, 6.07) is 12.4. The van der Waals surface area contributed by atoms with E-state index in [0.29, 0.717) is 10.6 Å². The molecule has 3 N–H and O–H groups in total. The summed E-state index contributed by atoms with van der Waals surface area (Å²) in [7, 11) is 3.93. The number of carbonyl (C=O) groups excluding carboxylic acids is 3. The third kappa shape index (κ3) is 4.84. The smallest absolute Gasteiger partial charge is 0.341 e. The van der Waals surface area contributed by atoms with Crippen molar-refractivity contribution >= 4 is 41.0 Å². The molecule has 2 fully saturated rings. The minimum atomic E-state index is -2.01. The highest BCUT2D eigenvalue weighted by Crippen LogP contribution is 2.52. The molecule has 0 aromatic heterocycles. The lowest BCUT2D eigenvalue weighted by atomic mass is 9.76. The van der Waals surface area contributed by atoms with E-state index in [1.165, 1.54) is 63.8 Å². The standard InChI is InChI=1S/C31H29ClN2O9/c1-15-5-8-17(11-21(15)32)34-27(36)24-25(28(34)37)31(30(39)40,14-16-6-9-18(35)10-7-16)33-26(24)20-12-19(41-2)13-22(42-3)23(20)29(38)43-4/h5-13,24-26,33,35H,14H2,1-4H3,(H,39,40). The Balaban J connectivity index is 1.76. The number of imide groups is 1. The third-order valence-corrected chi connectivity index (χ3v) is 8.56. The lowest BCUT2D eigenvalue weighted by Gasteiger charge is -2.32. The number of esters is 1. The molecule has 2 aliphatic rings. The monoisotopic (exact) mass is 608 g/mol. The number of amides is 2. The van der Waals surface area contributed by atoms with Crippen LogP contribution in [0.4, 0.5) is 5.69 Å². The van der Waals surface area contributed by atoms with Crippen molar-refractivity contribution in [1.29, 1.82) is 0 Å². The molecular weight excluding hydrogens is 580 g/mol. The first kappa shape index (κ1) is 29.9. The second-order valence-electron chi connectivity index (χ2n) is 10.5. The summed E-state index contributed by atoms with van der Waals surface area (Å²) in [4.78, 5) is 55.8. The number of halogens is 1. The molecule has 224 valence electrons. The van der Waals surface area contributed by atoms with Crippen LogP contribution in [0.5, 0.6) is 17.2 Å². The summed E-state index contributed by atoms with van der Waals surface area (Å²) in [6.45, 7) is 1.77. The summed E-state index contributed by atoms with van der Waals surface area (Å²) in [5.41, 5.74) is -0.490. The van der Waals surface area contributed by atoms with E-state index >= 15 is 0 Å². The number of nitrogens with one attached hydrogen (secondary N) is 1. The molecule has 2 aliphatic heterocycles. The number of rotatable bonds is 8. The molecule has 3 aromatic carbocycles. The maximum atomic E-state index is 14.3. The van der Waals surface area contributed by atoms with E-state index in [9.17, 15) is 29.4 Å². The minimum absolute atomic E-state index is 0.0241. The van der Waals surface area contributed by atoms with E-state index in [2.05, 4.69) is 5.32 Å². The second kappa shape index (κ2) is 11.2. The first-order valence-electron chi connectivity index (χ1n) is 13.2. The van der Waals surface area contributed by atoms with Gasteiger partial charge in [-0.25, -0.2) is 9.69 Å². The Morgan fingerprint density at radius 1 is 1.00 bits per heavy atom. The molecule has 12 heteroatoms. The van der Waals surface area contributed by atoms with Crippen LogP contribution >= 0.6 is 11.6 Å². The normalized spacial score (nSPS) is 22.8. The molecule has 2 heterocycles. The van der Waals surface area contributed by atoms with Gasteiger partial charge in [0, 0.05) is 23.6 Å². The topological polar surface area (TPSA) is 152 Å². The predicted octanol–water partition coefficient (Wildman–Crippen LogP) is 3.67. The Kier molecular flexibility index (Phi) is 7.80. The van der Waals surface area contributed by atoms with Gasteiger partial charge in [-0.3, -0.25) is 19.7 Å². The van der Waals surface area contributed by atoms with Crippen molar-refractivity contribution in [3.63, 3.8) is 0 Å². The number of methoxy groups -OCH3 is 3. The molecule has 2 amide bonds.